The van der Waals surface area contributed by atoms with Gasteiger partial charge in [-0.3, -0.25) is 0 Å². The van der Waals surface area contributed by atoms with E-state index < -0.39 is 5.97 Å². The van der Waals surface area contributed by atoms with E-state index in [0.717, 1.165) is 12.1 Å². The van der Waals surface area contributed by atoms with Crippen molar-refractivity contribution in [3.63, 3.8) is 0 Å². The quantitative estimate of drug-likeness (QED) is 0.861. The average Bonchev–Trinajstić information content (AvgIpc) is 2.73. The van der Waals surface area contributed by atoms with Gasteiger partial charge < -0.3 is 10.0 Å². The molecule has 20 heavy (non-hydrogen) atoms. The predicted molar refractivity (Wildman–Crippen MR) is 75.7 cm³/mol. The molecule has 0 spiro atoms. The summed E-state index contributed by atoms with van der Waals surface area (Å²) in [6, 6.07) is 8.23. The summed E-state index contributed by atoms with van der Waals surface area (Å²) in [5, 5.41) is 8.91. The van der Waals surface area contributed by atoms with Gasteiger partial charge in [0.15, 0.2) is 0 Å². The maximum absolute atomic E-state index is 10.9. The van der Waals surface area contributed by atoms with Gasteiger partial charge in [0.25, 0.3) is 0 Å². The third kappa shape index (κ3) is 2.00. The van der Waals surface area contributed by atoms with Crippen LogP contribution in [-0.4, -0.2) is 27.1 Å². The lowest BCUT2D eigenvalue weighted by molar-refractivity contribution is 0.0696. The summed E-state index contributed by atoms with van der Waals surface area (Å²) in [4.78, 5) is 21.2. The van der Waals surface area contributed by atoms with Crippen LogP contribution >= 0.6 is 11.6 Å². The van der Waals surface area contributed by atoms with Gasteiger partial charge in [-0.1, -0.05) is 29.8 Å². The number of nitrogens with zero attached hydrogens (tertiary/aromatic N) is 3. The van der Waals surface area contributed by atoms with Gasteiger partial charge in [-0.15, -0.1) is 0 Å². The fraction of sp³-hybridized carbons (Fsp3) is 0.214. The number of benzene rings is 1. The molecule has 5 nitrogen and oxygen atoms in total. The zero-order valence-electron chi connectivity index (χ0n) is 10.7. The van der Waals surface area contributed by atoms with Crippen LogP contribution in [0, 0.1) is 0 Å². The molecule has 0 saturated heterocycles. The van der Waals surface area contributed by atoms with Crippen LogP contribution in [0.3, 0.4) is 0 Å². The minimum Gasteiger partial charge on any atom is -0.478 e. The van der Waals surface area contributed by atoms with Gasteiger partial charge in [0.05, 0.1) is 0 Å². The fourth-order valence-electron chi connectivity index (χ4n) is 2.48. The van der Waals surface area contributed by atoms with Gasteiger partial charge in [-0.2, -0.15) is 4.98 Å². The Kier molecular flexibility index (Phi) is 3.06. The summed E-state index contributed by atoms with van der Waals surface area (Å²) >= 11 is 5.92. The molecule has 1 N–H and O–H groups in total. The van der Waals surface area contributed by atoms with Gasteiger partial charge in [0, 0.05) is 17.9 Å². The monoisotopic (exact) mass is 289 g/mol. The van der Waals surface area contributed by atoms with Crippen molar-refractivity contribution in [1.29, 1.82) is 0 Å². The average molecular weight is 290 g/mol. The molecule has 1 aromatic carbocycles. The Labute approximate surface area is 120 Å². The summed E-state index contributed by atoms with van der Waals surface area (Å²) in [6.07, 6.45) is 2.15. The SMILES string of the molecule is CC1Cc2ccccc2N1c1ncc(C(=O)O)c(Cl)n1. The summed E-state index contributed by atoms with van der Waals surface area (Å²) in [6.45, 7) is 2.07. The first kappa shape index (κ1) is 12.9. The Bertz CT molecular complexity index is 690. The van der Waals surface area contributed by atoms with Crippen molar-refractivity contribution in [3.8, 4) is 0 Å². The molecule has 0 fully saturated rings. The van der Waals surface area contributed by atoms with Gasteiger partial charge in [0.2, 0.25) is 5.95 Å². The molecule has 3 rings (SSSR count). The van der Waals surface area contributed by atoms with E-state index in [4.69, 9.17) is 16.7 Å². The highest BCUT2D eigenvalue weighted by molar-refractivity contribution is 6.32. The number of carboxylic acids is 1. The van der Waals surface area contributed by atoms with E-state index in [9.17, 15) is 4.79 Å². The number of hydrogen-bond acceptors (Lipinski definition) is 4. The van der Waals surface area contributed by atoms with Crippen LogP contribution in [0.1, 0.15) is 22.8 Å². The first-order valence-corrected chi connectivity index (χ1v) is 6.58. The van der Waals surface area contributed by atoms with Gasteiger partial charge in [-0.05, 0) is 25.0 Å². The molecule has 2 heterocycles. The molecule has 1 aromatic heterocycles. The highest BCUT2D eigenvalue weighted by Gasteiger charge is 2.29. The summed E-state index contributed by atoms with van der Waals surface area (Å²) in [7, 11) is 0. The molecule has 1 atom stereocenters. The normalized spacial score (nSPS) is 17.1. The van der Waals surface area contributed by atoms with Crippen molar-refractivity contribution in [3.05, 3.63) is 46.7 Å². The van der Waals surface area contributed by atoms with Crippen LogP contribution in [-0.2, 0) is 6.42 Å². The van der Waals surface area contributed by atoms with Crippen molar-refractivity contribution in [2.75, 3.05) is 4.90 Å². The number of carbonyl (C=O) groups is 1. The maximum Gasteiger partial charge on any atom is 0.340 e. The van der Waals surface area contributed by atoms with E-state index in [2.05, 4.69) is 23.0 Å². The predicted octanol–water partition coefficient (Wildman–Crippen LogP) is 2.91. The Hall–Kier alpha value is -2.14. The summed E-state index contributed by atoms with van der Waals surface area (Å²) in [5.74, 6) is -0.700. The van der Waals surface area contributed by atoms with E-state index in [1.807, 2.05) is 23.1 Å². The molecule has 0 amide bonds. The van der Waals surface area contributed by atoms with Crippen molar-refractivity contribution < 1.29 is 9.90 Å². The highest BCUT2D eigenvalue weighted by Crippen LogP contribution is 2.36. The first-order chi connectivity index (χ1) is 9.58. The van der Waals surface area contributed by atoms with E-state index in [1.165, 1.54) is 11.8 Å². The number of rotatable bonds is 2. The molecule has 6 heteroatoms. The minimum absolute atomic E-state index is 0.0425. The Balaban J connectivity index is 2.06. The standard InChI is InChI=1S/C14H12ClN3O2/c1-8-6-9-4-2-3-5-11(9)18(8)14-16-7-10(13(19)20)12(15)17-14/h2-5,7-8H,6H2,1H3,(H,19,20). The second-order valence-corrected chi connectivity index (χ2v) is 5.09. The van der Waals surface area contributed by atoms with Crippen molar-refractivity contribution in [1.82, 2.24) is 9.97 Å². The molecule has 1 aliphatic rings. The summed E-state index contributed by atoms with van der Waals surface area (Å²) < 4.78 is 0. The third-order valence-electron chi connectivity index (χ3n) is 3.38. The number of aromatic carboxylic acids is 1. The number of aromatic nitrogens is 2. The number of fused-ring (bicyclic) bond motifs is 1. The molecular formula is C14H12ClN3O2. The van der Waals surface area contributed by atoms with Crippen LogP contribution in [0.5, 0.6) is 0 Å². The second-order valence-electron chi connectivity index (χ2n) is 4.73. The molecule has 0 aliphatic carbocycles. The highest BCUT2D eigenvalue weighted by atomic mass is 35.5. The topological polar surface area (TPSA) is 66.3 Å². The zero-order valence-corrected chi connectivity index (χ0v) is 11.5. The first-order valence-electron chi connectivity index (χ1n) is 6.21. The fourth-order valence-corrected chi connectivity index (χ4v) is 2.69. The molecule has 0 bridgehead atoms. The molecule has 0 saturated carbocycles. The van der Waals surface area contributed by atoms with Gasteiger partial charge in [-0.25, -0.2) is 9.78 Å². The summed E-state index contributed by atoms with van der Waals surface area (Å²) in [5.41, 5.74) is 2.18. The number of carboxylic acid groups (broad SMARTS) is 1. The van der Waals surface area contributed by atoms with Crippen molar-refractivity contribution in [2.45, 2.75) is 19.4 Å². The zero-order chi connectivity index (χ0) is 14.3. The molecule has 1 aliphatic heterocycles. The number of para-hydroxylation sites is 1. The Morgan fingerprint density at radius 1 is 1.45 bits per heavy atom. The maximum atomic E-state index is 10.9. The Morgan fingerprint density at radius 3 is 2.90 bits per heavy atom. The van der Waals surface area contributed by atoms with E-state index in [1.54, 1.807) is 0 Å². The van der Waals surface area contributed by atoms with E-state index in [-0.39, 0.29) is 16.8 Å². The van der Waals surface area contributed by atoms with Gasteiger partial charge in [0.1, 0.15) is 10.7 Å². The second kappa shape index (κ2) is 4.76. The molecular weight excluding hydrogens is 278 g/mol. The number of halogens is 1. The van der Waals surface area contributed by atoms with Crippen LogP contribution in [0.2, 0.25) is 5.15 Å². The molecule has 2 aromatic rings. The number of hydrogen-bond donors (Lipinski definition) is 1. The largest absolute Gasteiger partial charge is 0.478 e. The third-order valence-corrected chi connectivity index (χ3v) is 3.67. The Morgan fingerprint density at radius 2 is 2.20 bits per heavy atom. The minimum atomic E-state index is -1.13. The van der Waals surface area contributed by atoms with Crippen molar-refractivity contribution >= 4 is 29.2 Å². The van der Waals surface area contributed by atoms with Crippen molar-refractivity contribution in [2.24, 2.45) is 0 Å². The lowest BCUT2D eigenvalue weighted by Crippen LogP contribution is -2.26. The van der Waals surface area contributed by atoms with Gasteiger partial charge >= 0.3 is 5.97 Å². The number of anilines is 2. The van der Waals surface area contributed by atoms with Crippen LogP contribution in [0.4, 0.5) is 11.6 Å². The lowest BCUT2D eigenvalue weighted by Gasteiger charge is -2.22. The lowest BCUT2D eigenvalue weighted by atomic mass is 10.1. The molecule has 1 unspecified atom stereocenters. The molecule has 102 valence electrons. The van der Waals surface area contributed by atoms with Crippen LogP contribution < -0.4 is 4.90 Å². The van der Waals surface area contributed by atoms with E-state index in [0.29, 0.717) is 5.95 Å². The van der Waals surface area contributed by atoms with Crippen LogP contribution in [0.15, 0.2) is 30.5 Å². The van der Waals surface area contributed by atoms with Crippen LogP contribution in [0.25, 0.3) is 0 Å². The molecule has 0 radical (unpaired) electrons. The smallest absolute Gasteiger partial charge is 0.340 e. The van der Waals surface area contributed by atoms with E-state index >= 15 is 0 Å².